The van der Waals surface area contributed by atoms with Crippen molar-refractivity contribution in [3.05, 3.63) is 42.6 Å². The molecule has 2 aliphatic carbocycles. The summed E-state index contributed by atoms with van der Waals surface area (Å²) in [5, 5.41) is 14.7. The minimum atomic E-state index is -4.08. The Bertz CT molecular complexity index is 2040. The highest BCUT2D eigenvalue weighted by Gasteiger charge is 2.63. The maximum atomic E-state index is 15.1. The molecule has 0 unspecified atom stereocenters. The van der Waals surface area contributed by atoms with Crippen LogP contribution in [0.25, 0.3) is 10.8 Å². The number of hydrogen-bond acceptors (Lipinski definition) is 9. The second-order valence-corrected chi connectivity index (χ2v) is 19.1. The predicted octanol–water partition coefficient (Wildman–Crippen LogP) is 5.26. The van der Waals surface area contributed by atoms with Crippen LogP contribution in [-0.2, 0) is 24.4 Å². The summed E-state index contributed by atoms with van der Waals surface area (Å²) in [5.41, 5.74) is -3.96. The minimum absolute atomic E-state index is 0.0803. The number of ether oxygens (including phenoxy) is 2. The first-order valence-corrected chi connectivity index (χ1v) is 21.0. The molecule has 4 aliphatic rings. The molecule has 3 N–H and O–H groups in total. The summed E-state index contributed by atoms with van der Waals surface area (Å²) in [7, 11) is -2.55. The summed E-state index contributed by atoms with van der Waals surface area (Å²) in [6.07, 6.45) is 1.87. The number of methoxy groups -OCH3 is 1. The molecule has 2 aromatic rings. The molecule has 4 amide bonds. The van der Waals surface area contributed by atoms with Gasteiger partial charge < -0.3 is 24.8 Å². The van der Waals surface area contributed by atoms with E-state index in [1.54, 1.807) is 44.2 Å². The van der Waals surface area contributed by atoms with Gasteiger partial charge in [-0.15, -0.1) is 0 Å². The molecule has 0 bridgehead atoms. The monoisotopic (exact) mass is 817 g/mol. The van der Waals surface area contributed by atoms with E-state index < -0.39 is 86.1 Å². The number of sulfonamides is 1. The van der Waals surface area contributed by atoms with E-state index in [4.69, 9.17) is 9.47 Å². The average molecular weight is 818 g/mol. The third-order valence-corrected chi connectivity index (χ3v) is 14.6. The van der Waals surface area contributed by atoms with Crippen molar-refractivity contribution in [3.63, 3.8) is 0 Å². The summed E-state index contributed by atoms with van der Waals surface area (Å²) in [4.78, 5) is 62.9. The summed E-state index contributed by atoms with van der Waals surface area (Å²) in [5.74, 6) is -3.10. The minimum Gasteiger partial charge on any atom is -0.497 e. The molecule has 2 saturated carbocycles. The van der Waals surface area contributed by atoms with Crippen molar-refractivity contribution in [2.45, 2.75) is 126 Å². The summed E-state index contributed by atoms with van der Waals surface area (Å²) in [6.45, 7) is 7.16. The lowest BCUT2D eigenvalue weighted by Gasteiger charge is -2.45. The number of fused-ring (bicyclic) bond motifs is 3. The van der Waals surface area contributed by atoms with Crippen LogP contribution in [0.4, 0.5) is 13.6 Å². The van der Waals surface area contributed by atoms with Crippen LogP contribution in [0, 0.1) is 17.8 Å². The van der Waals surface area contributed by atoms with Crippen molar-refractivity contribution >= 4 is 44.6 Å². The van der Waals surface area contributed by atoms with E-state index in [0.717, 1.165) is 19.2 Å². The van der Waals surface area contributed by atoms with Gasteiger partial charge in [0.15, 0.2) is 0 Å². The van der Waals surface area contributed by atoms with E-state index in [2.05, 4.69) is 15.0 Å². The molecule has 0 spiro atoms. The molecule has 1 aromatic carbocycles. The van der Waals surface area contributed by atoms with Crippen molar-refractivity contribution in [2.24, 2.45) is 17.8 Å². The topological polar surface area (TPSA) is 185 Å². The molecule has 17 heteroatoms. The van der Waals surface area contributed by atoms with Crippen LogP contribution in [0.2, 0.25) is 0 Å². The van der Waals surface area contributed by atoms with Gasteiger partial charge in [-0.3, -0.25) is 24.0 Å². The van der Waals surface area contributed by atoms with Crippen LogP contribution >= 0.6 is 0 Å². The molecule has 0 radical (unpaired) electrons. The molecule has 1 saturated heterocycles. The Kier molecular flexibility index (Phi) is 11.6. The van der Waals surface area contributed by atoms with Gasteiger partial charge in [0.05, 0.1) is 18.4 Å². The second-order valence-electron chi connectivity index (χ2n) is 16.9. The number of nitrogens with one attached hydrogen (secondary N) is 2. The maximum Gasteiger partial charge on any atom is 0.408 e. The van der Waals surface area contributed by atoms with Gasteiger partial charge in [-0.05, 0) is 101 Å². The highest BCUT2D eigenvalue weighted by Crippen LogP contribution is 2.48. The van der Waals surface area contributed by atoms with Crippen LogP contribution in [0.15, 0.2) is 42.6 Å². The van der Waals surface area contributed by atoms with E-state index in [1.165, 1.54) is 18.2 Å². The zero-order valence-electron chi connectivity index (χ0n) is 33.2. The zero-order chi connectivity index (χ0) is 41.7. The van der Waals surface area contributed by atoms with Gasteiger partial charge in [-0.25, -0.2) is 27.0 Å². The number of alkyl halides is 2. The van der Waals surface area contributed by atoms with E-state index in [-0.39, 0.29) is 37.6 Å². The first-order chi connectivity index (χ1) is 26.8. The van der Waals surface area contributed by atoms with Gasteiger partial charge >= 0.3 is 6.09 Å². The molecule has 1 aromatic heterocycles. The maximum absolute atomic E-state index is 15.1. The summed E-state index contributed by atoms with van der Waals surface area (Å²) < 4.78 is 68.8. The Hall–Kier alpha value is -4.54. The van der Waals surface area contributed by atoms with Crippen LogP contribution < -0.4 is 19.5 Å². The predicted molar refractivity (Wildman–Crippen MR) is 206 cm³/mol. The van der Waals surface area contributed by atoms with Crippen molar-refractivity contribution in [2.75, 3.05) is 13.7 Å². The smallest absolute Gasteiger partial charge is 0.408 e. The highest BCUT2D eigenvalue weighted by molar-refractivity contribution is 7.91. The number of rotatable bonds is 10. The standard InChI is InChI=1S/C40H53F2N5O9S/c1-7-24-18-23(2)10-8-9-11-26-21-40(26,36(50)45-57(53,54)39(5)15-16-39)44-32(48)30-20-28(56-33-29-13-12-27(55-6)19-25(29)14-17-43-33)22-46(30)34(49)31(24)47(37(51)52)38(3,4)35(41)42/h9,11-14,17,19,23-24,26,28,30-31,35H,7-8,10,15-16,18,20-22H2,1-6H3,(H,44,48)(H,45,50)(H,51,52)/t23-,24+,26+,28+,30-,31-,40+/m0/s1. The van der Waals surface area contributed by atoms with Gasteiger partial charge in [0.2, 0.25) is 27.7 Å². The number of amides is 4. The molecule has 14 nitrogen and oxygen atoms in total. The number of carbonyl (C=O) groups excluding carboxylic acids is 3. The number of carboxylic acid groups (broad SMARTS) is 1. The van der Waals surface area contributed by atoms with Crippen LogP contribution in [0.5, 0.6) is 11.6 Å². The molecule has 57 heavy (non-hydrogen) atoms. The zero-order valence-corrected chi connectivity index (χ0v) is 34.0. The quantitative estimate of drug-likeness (QED) is 0.268. The Labute approximate surface area is 331 Å². The first-order valence-electron chi connectivity index (χ1n) is 19.5. The van der Waals surface area contributed by atoms with E-state index >= 15 is 4.79 Å². The van der Waals surface area contributed by atoms with E-state index in [1.807, 2.05) is 13.0 Å². The van der Waals surface area contributed by atoms with Gasteiger partial charge in [0.25, 0.3) is 12.3 Å². The van der Waals surface area contributed by atoms with Crippen molar-refractivity contribution in [1.82, 2.24) is 24.8 Å². The summed E-state index contributed by atoms with van der Waals surface area (Å²) >= 11 is 0. The van der Waals surface area contributed by atoms with Crippen molar-refractivity contribution in [1.29, 1.82) is 0 Å². The Morgan fingerprint density at radius 1 is 1.19 bits per heavy atom. The SMILES string of the molecule is CC[C@@H]1C[C@@H](C)CCC=C[C@@H]2C[C@@]2(C(=O)NS(=O)(=O)C2(C)CC2)NC(=O)[C@@H]2C[C@@H](Oc3nccc4cc(OC)ccc34)CN2C(=O)[C@H]1N(C(=O)O)C(C)(C)C(F)F. The molecule has 2 aliphatic heterocycles. The van der Waals surface area contributed by atoms with Crippen molar-refractivity contribution < 1.29 is 51.0 Å². The Morgan fingerprint density at radius 3 is 2.54 bits per heavy atom. The van der Waals surface area contributed by atoms with Crippen LogP contribution in [-0.4, -0.2) is 106 Å². The Balaban J connectivity index is 1.42. The molecule has 7 atom stereocenters. The fourth-order valence-electron chi connectivity index (χ4n) is 8.26. The largest absolute Gasteiger partial charge is 0.497 e. The number of allylic oxidation sites excluding steroid dienone is 1. The molecule has 3 heterocycles. The lowest BCUT2D eigenvalue weighted by Crippen LogP contribution is -2.65. The number of hydrogen-bond donors (Lipinski definition) is 3. The molecule has 3 fully saturated rings. The lowest BCUT2D eigenvalue weighted by atomic mass is 9.82. The number of benzene rings is 1. The van der Waals surface area contributed by atoms with Gasteiger partial charge in [0.1, 0.15) is 35.0 Å². The number of nitrogens with zero attached hydrogens (tertiary/aromatic N) is 3. The fraction of sp³-hybridized carbons (Fsp3) is 0.625. The molecular formula is C40H53F2N5O9S. The van der Waals surface area contributed by atoms with Crippen LogP contribution in [0.3, 0.4) is 0 Å². The van der Waals surface area contributed by atoms with Crippen molar-refractivity contribution in [3.8, 4) is 11.6 Å². The van der Waals surface area contributed by atoms with E-state index in [0.29, 0.717) is 48.1 Å². The highest BCUT2D eigenvalue weighted by atomic mass is 32.2. The van der Waals surface area contributed by atoms with E-state index in [9.17, 15) is 36.7 Å². The summed E-state index contributed by atoms with van der Waals surface area (Å²) in [6, 6.07) is 4.04. The normalized spacial score (nSPS) is 29.0. The third kappa shape index (κ3) is 8.13. The second kappa shape index (κ2) is 15.7. The molecule has 312 valence electrons. The Morgan fingerprint density at radius 2 is 1.91 bits per heavy atom. The first kappa shape index (κ1) is 42.1. The number of carbonyl (C=O) groups is 4. The third-order valence-electron chi connectivity index (χ3n) is 12.4. The van der Waals surface area contributed by atoms with Gasteiger partial charge in [-0.1, -0.05) is 32.4 Å². The average Bonchev–Trinajstić information content (AvgIpc) is 4.03. The number of aromatic nitrogens is 1. The van der Waals surface area contributed by atoms with Gasteiger partial charge in [-0.2, -0.15) is 0 Å². The van der Waals surface area contributed by atoms with Gasteiger partial charge in [0, 0.05) is 23.9 Å². The number of pyridine rings is 1. The molecule has 6 rings (SSSR count). The number of halogens is 2. The lowest BCUT2D eigenvalue weighted by molar-refractivity contribution is -0.149. The fourth-order valence-corrected chi connectivity index (χ4v) is 9.58. The molecular weight excluding hydrogens is 765 g/mol. The van der Waals surface area contributed by atoms with Crippen LogP contribution in [0.1, 0.15) is 86.0 Å².